The standard InChI is InChI=1S/C8H8O2S.Tl/c9-8(10)6-11-7-4-2-1-3-5-7;/h1-5H,6H2,(H,9,10);/q;+1/p-1. The molecule has 12 heavy (non-hydrogen) atoms. The minimum atomic E-state index is -1.03. The van der Waals surface area contributed by atoms with Crippen molar-refractivity contribution in [2.45, 2.75) is 4.90 Å². The molecule has 0 saturated carbocycles. The molecule has 0 heterocycles. The van der Waals surface area contributed by atoms with Crippen LogP contribution in [-0.4, -0.2) is 39.0 Å². The Kier molecular flexibility index (Phi) is 6.45. The van der Waals surface area contributed by atoms with Gasteiger partial charge >= 0.3 is 27.3 Å². The fourth-order valence-corrected chi connectivity index (χ4v) is 1.29. The largest absolute Gasteiger partial charge is 1.00 e. The Morgan fingerprint density at radius 1 is 1.33 bits per heavy atom. The molecule has 0 aliphatic rings. The van der Waals surface area contributed by atoms with Crippen molar-refractivity contribution in [1.82, 2.24) is 0 Å². The van der Waals surface area contributed by atoms with E-state index in [1.807, 2.05) is 30.3 Å². The molecule has 0 unspecified atom stereocenters. The van der Waals surface area contributed by atoms with Crippen LogP contribution in [0.15, 0.2) is 35.2 Å². The Bertz CT molecular complexity index is 238. The normalized spacial score (nSPS) is 8.67. The van der Waals surface area contributed by atoms with Gasteiger partial charge < -0.3 is 9.90 Å². The van der Waals surface area contributed by atoms with Gasteiger partial charge in [-0.1, -0.05) is 18.2 Å². The maximum atomic E-state index is 10.0. The van der Waals surface area contributed by atoms with Gasteiger partial charge in [0, 0.05) is 10.6 Å². The smallest absolute Gasteiger partial charge is 0.549 e. The molecule has 1 rings (SSSR count). The number of carboxylic acid groups (broad SMARTS) is 1. The first kappa shape index (κ1) is 12.0. The number of hydrogen-bond acceptors (Lipinski definition) is 3. The molecule has 0 radical (unpaired) electrons. The molecule has 1 aromatic carbocycles. The summed E-state index contributed by atoms with van der Waals surface area (Å²) in [5.74, 6) is -1.01. The third-order valence-corrected chi connectivity index (χ3v) is 2.09. The van der Waals surface area contributed by atoms with E-state index in [0.29, 0.717) is 0 Å². The van der Waals surface area contributed by atoms with Gasteiger partial charge in [-0.05, 0) is 12.1 Å². The molecule has 0 amide bonds. The Balaban J connectivity index is 0.00000121. The summed E-state index contributed by atoms with van der Waals surface area (Å²) >= 11 is 1.27. The number of rotatable bonds is 3. The van der Waals surface area contributed by atoms with Crippen LogP contribution < -0.4 is 5.11 Å². The molecule has 1 aromatic rings. The van der Waals surface area contributed by atoms with Crippen molar-refractivity contribution in [3.05, 3.63) is 30.3 Å². The van der Waals surface area contributed by atoms with E-state index in [-0.39, 0.29) is 33.1 Å². The molecule has 0 saturated heterocycles. The van der Waals surface area contributed by atoms with Gasteiger partial charge in [0.15, 0.2) is 0 Å². The van der Waals surface area contributed by atoms with Crippen molar-refractivity contribution in [2.24, 2.45) is 0 Å². The minimum absolute atomic E-state index is 0. The molecule has 0 atom stereocenters. The summed E-state index contributed by atoms with van der Waals surface area (Å²) in [7, 11) is 0. The predicted octanol–water partition coefficient (Wildman–Crippen LogP) is 0.148. The summed E-state index contributed by atoms with van der Waals surface area (Å²) in [5.41, 5.74) is 0. The Hall–Kier alpha value is -0.0379. The van der Waals surface area contributed by atoms with E-state index in [1.54, 1.807) is 0 Å². The Labute approximate surface area is 95.5 Å². The van der Waals surface area contributed by atoms with E-state index < -0.39 is 5.97 Å². The molecule has 0 aliphatic carbocycles. The molecule has 60 valence electrons. The number of benzene rings is 1. The quantitative estimate of drug-likeness (QED) is 0.561. The fourth-order valence-electron chi connectivity index (χ4n) is 0.659. The Morgan fingerprint density at radius 2 is 1.92 bits per heavy atom. The molecule has 0 spiro atoms. The van der Waals surface area contributed by atoms with Crippen LogP contribution in [0.2, 0.25) is 0 Å². The van der Waals surface area contributed by atoms with E-state index in [9.17, 15) is 9.90 Å². The van der Waals surface area contributed by atoms with Crippen molar-refractivity contribution in [2.75, 3.05) is 5.75 Å². The van der Waals surface area contributed by atoms with Crippen LogP contribution in [0.25, 0.3) is 0 Å². The van der Waals surface area contributed by atoms with Crippen LogP contribution in [-0.2, 0) is 4.79 Å². The third kappa shape index (κ3) is 4.76. The molecule has 0 N–H and O–H groups in total. The fraction of sp³-hybridized carbons (Fsp3) is 0.125. The van der Waals surface area contributed by atoms with Gasteiger partial charge in [0.25, 0.3) is 0 Å². The third-order valence-electron chi connectivity index (χ3n) is 1.10. The van der Waals surface area contributed by atoms with E-state index in [1.165, 1.54) is 11.8 Å². The summed E-state index contributed by atoms with van der Waals surface area (Å²) < 4.78 is 0. The molecular weight excluding hydrogens is 365 g/mol. The van der Waals surface area contributed by atoms with Crippen LogP contribution >= 0.6 is 11.8 Å². The van der Waals surface area contributed by atoms with Crippen LogP contribution in [0.1, 0.15) is 0 Å². The zero-order chi connectivity index (χ0) is 8.10. The van der Waals surface area contributed by atoms with Crippen molar-refractivity contribution in [1.29, 1.82) is 0 Å². The zero-order valence-electron chi connectivity index (χ0n) is 6.40. The minimum Gasteiger partial charge on any atom is -0.549 e. The first-order valence-corrected chi connectivity index (χ1v) is 4.15. The zero-order valence-corrected chi connectivity index (χ0v) is 11.7. The topological polar surface area (TPSA) is 40.1 Å². The van der Waals surface area contributed by atoms with E-state index in [2.05, 4.69) is 0 Å². The van der Waals surface area contributed by atoms with E-state index in [4.69, 9.17) is 0 Å². The molecule has 2 nitrogen and oxygen atoms in total. The monoisotopic (exact) mass is 372 g/mol. The average molecular weight is 372 g/mol. The molecular formula is C8H7O2STl. The number of hydrogen-bond donors (Lipinski definition) is 0. The second kappa shape index (κ2) is 6.48. The number of carboxylic acids is 1. The number of aliphatic carboxylic acids is 1. The van der Waals surface area contributed by atoms with Crippen molar-refractivity contribution < 1.29 is 9.90 Å². The summed E-state index contributed by atoms with van der Waals surface area (Å²) in [6.45, 7) is 0. The van der Waals surface area contributed by atoms with Crippen LogP contribution in [0.3, 0.4) is 0 Å². The first-order chi connectivity index (χ1) is 5.29. The van der Waals surface area contributed by atoms with Crippen LogP contribution in [0.5, 0.6) is 0 Å². The van der Waals surface area contributed by atoms with Gasteiger partial charge in [-0.15, -0.1) is 11.8 Å². The van der Waals surface area contributed by atoms with Gasteiger partial charge in [-0.3, -0.25) is 0 Å². The van der Waals surface area contributed by atoms with Gasteiger partial charge in [0.1, 0.15) is 0 Å². The van der Waals surface area contributed by atoms with Gasteiger partial charge in [-0.25, -0.2) is 0 Å². The average Bonchev–Trinajstić information content (AvgIpc) is 2.03. The maximum Gasteiger partial charge on any atom is 1.00 e. The summed E-state index contributed by atoms with van der Waals surface area (Å²) in [6.07, 6.45) is 0. The SMILES string of the molecule is O=C([O-])CSc1ccccc1.[Tl+]. The molecule has 0 bridgehead atoms. The summed E-state index contributed by atoms with van der Waals surface area (Å²) in [4.78, 5) is 11.0. The van der Waals surface area contributed by atoms with Gasteiger partial charge in [-0.2, -0.15) is 0 Å². The summed E-state index contributed by atoms with van der Waals surface area (Å²) in [5, 5.41) is 10.0. The number of carbonyl (C=O) groups is 1. The maximum absolute atomic E-state index is 10.0. The molecule has 0 fully saturated rings. The Morgan fingerprint density at radius 3 is 2.42 bits per heavy atom. The van der Waals surface area contributed by atoms with Crippen molar-refractivity contribution >= 4 is 45.0 Å². The van der Waals surface area contributed by atoms with Crippen molar-refractivity contribution in [3.63, 3.8) is 0 Å². The first-order valence-electron chi connectivity index (χ1n) is 3.17. The summed E-state index contributed by atoms with van der Waals surface area (Å²) in [6, 6.07) is 9.37. The predicted molar refractivity (Wildman–Crippen MR) is 47.9 cm³/mol. The number of carbonyl (C=O) groups excluding carboxylic acids is 1. The second-order valence-electron chi connectivity index (χ2n) is 1.97. The van der Waals surface area contributed by atoms with Gasteiger partial charge in [0.2, 0.25) is 0 Å². The second-order valence-corrected chi connectivity index (χ2v) is 3.02. The molecule has 0 aliphatic heterocycles. The van der Waals surface area contributed by atoms with Gasteiger partial charge in [0.05, 0.1) is 5.97 Å². The van der Waals surface area contributed by atoms with Crippen LogP contribution in [0.4, 0.5) is 0 Å². The van der Waals surface area contributed by atoms with E-state index >= 15 is 0 Å². The van der Waals surface area contributed by atoms with Crippen LogP contribution in [0, 0.1) is 0 Å². The number of thioether (sulfide) groups is 1. The molecule has 4 heteroatoms. The van der Waals surface area contributed by atoms with Crippen molar-refractivity contribution in [3.8, 4) is 0 Å². The molecule has 0 aromatic heterocycles. The van der Waals surface area contributed by atoms with E-state index in [0.717, 1.165) is 4.90 Å².